The number of pyridine rings is 2. The molecule has 0 bridgehead atoms. The first-order chi connectivity index (χ1) is 22.2. The maximum absolute atomic E-state index is 15.5. The minimum Gasteiger partial charge on any atom is -0.349 e. The van der Waals surface area contributed by atoms with Crippen LogP contribution >= 0.6 is 11.6 Å². The predicted octanol–water partition coefficient (Wildman–Crippen LogP) is 5.88. The van der Waals surface area contributed by atoms with Crippen molar-refractivity contribution in [1.82, 2.24) is 24.4 Å². The van der Waals surface area contributed by atoms with Gasteiger partial charge in [-0.1, -0.05) is 38.1 Å². The molecule has 1 saturated heterocycles. The van der Waals surface area contributed by atoms with E-state index in [9.17, 15) is 23.2 Å². The number of hydrogen-bond donors (Lipinski definition) is 1. The molecule has 0 aliphatic carbocycles. The maximum atomic E-state index is 15.5. The minimum absolute atomic E-state index is 0.0521. The largest absolute Gasteiger partial charge is 0.355 e. The Hall–Kier alpha value is -4.78. The van der Waals surface area contributed by atoms with Crippen LogP contribution in [0.3, 0.4) is 0 Å². The number of nitrogens with zero attached hydrogens (tertiary/aromatic N) is 6. The summed E-state index contributed by atoms with van der Waals surface area (Å²) in [5.41, 5.74) is 0.244. The zero-order valence-electron chi connectivity index (χ0n) is 26.4. The smallest absolute Gasteiger partial charge is 0.349 e. The zero-order valence-corrected chi connectivity index (χ0v) is 27.1. The molecule has 0 saturated carbocycles. The minimum atomic E-state index is -3.36. The highest BCUT2D eigenvalue weighted by molar-refractivity contribution is 6.34. The number of aryl methyl sites for hydroxylation is 1. The van der Waals surface area contributed by atoms with Gasteiger partial charge in [0.2, 0.25) is 5.91 Å². The van der Waals surface area contributed by atoms with Crippen LogP contribution in [0.4, 0.5) is 24.7 Å². The van der Waals surface area contributed by atoms with Crippen molar-refractivity contribution in [2.75, 3.05) is 23.3 Å². The number of nitrogens with one attached hydrogen (secondary N) is 1. The molecule has 246 valence electrons. The molecule has 1 aliphatic rings. The molecule has 14 heteroatoms. The van der Waals surface area contributed by atoms with Gasteiger partial charge in [0.05, 0.1) is 38.7 Å². The summed E-state index contributed by atoms with van der Waals surface area (Å²) in [6.45, 7) is 13.6. The molecule has 10 nitrogen and oxygen atoms in total. The molecular formula is C33H33ClF3N7O3. The van der Waals surface area contributed by atoms with Gasteiger partial charge in [0.1, 0.15) is 11.6 Å². The summed E-state index contributed by atoms with van der Waals surface area (Å²) in [5.74, 6) is -2.63. The van der Waals surface area contributed by atoms with Crippen molar-refractivity contribution < 1.29 is 22.8 Å². The van der Waals surface area contributed by atoms with Crippen molar-refractivity contribution in [3.05, 3.63) is 81.8 Å². The number of alkyl halides is 2. The van der Waals surface area contributed by atoms with Gasteiger partial charge in [0.25, 0.3) is 5.91 Å². The Morgan fingerprint density at radius 1 is 1.13 bits per heavy atom. The van der Waals surface area contributed by atoms with E-state index in [2.05, 4.69) is 16.5 Å². The summed E-state index contributed by atoms with van der Waals surface area (Å²) < 4.78 is 43.2. The summed E-state index contributed by atoms with van der Waals surface area (Å²) >= 11 is 6.79. The third-order valence-corrected chi connectivity index (χ3v) is 8.44. The monoisotopic (exact) mass is 667 g/mol. The average Bonchev–Trinajstić information content (AvgIpc) is 3.01. The molecular weight excluding hydrogens is 635 g/mol. The number of anilines is 2. The number of fused-ring (bicyclic) bond motifs is 1. The normalized spacial score (nSPS) is 16.7. The van der Waals surface area contributed by atoms with Crippen LogP contribution in [0.2, 0.25) is 5.02 Å². The van der Waals surface area contributed by atoms with Gasteiger partial charge in [0, 0.05) is 31.4 Å². The molecule has 1 fully saturated rings. The summed E-state index contributed by atoms with van der Waals surface area (Å²) in [4.78, 5) is 56.0. The van der Waals surface area contributed by atoms with Gasteiger partial charge in [-0.15, -0.1) is 0 Å². The van der Waals surface area contributed by atoms with Crippen LogP contribution in [0, 0.1) is 12.7 Å². The van der Waals surface area contributed by atoms with E-state index in [-0.39, 0.29) is 57.3 Å². The third-order valence-electron chi connectivity index (χ3n) is 8.15. The molecule has 0 radical (unpaired) electrons. The number of carbonyl (C=O) groups is 2. The number of benzene rings is 1. The summed E-state index contributed by atoms with van der Waals surface area (Å²) in [6, 6.07) is 6.23. The number of carbonyl (C=O) groups excluding carboxylic acids is 2. The van der Waals surface area contributed by atoms with Crippen LogP contribution in [-0.4, -0.2) is 67.8 Å². The van der Waals surface area contributed by atoms with Crippen molar-refractivity contribution in [3.8, 4) is 16.9 Å². The van der Waals surface area contributed by atoms with Gasteiger partial charge in [-0.3, -0.25) is 14.6 Å². The van der Waals surface area contributed by atoms with E-state index >= 15 is 4.39 Å². The number of halogens is 4. The fourth-order valence-electron chi connectivity index (χ4n) is 5.89. The summed E-state index contributed by atoms with van der Waals surface area (Å²) in [6.07, 6.45) is -0.481. The van der Waals surface area contributed by atoms with Crippen LogP contribution in [0.1, 0.15) is 44.9 Å². The van der Waals surface area contributed by atoms with E-state index in [1.807, 2.05) is 37.9 Å². The van der Waals surface area contributed by atoms with Gasteiger partial charge in [-0.25, -0.2) is 18.7 Å². The molecule has 2 amide bonds. The van der Waals surface area contributed by atoms with Crippen molar-refractivity contribution in [3.63, 3.8) is 0 Å². The lowest BCUT2D eigenvalue weighted by Crippen LogP contribution is -2.58. The highest BCUT2D eigenvalue weighted by atomic mass is 35.5. The fourth-order valence-corrected chi connectivity index (χ4v) is 6.13. The second kappa shape index (κ2) is 13.1. The molecule has 1 N–H and O–H groups in total. The number of aromatic nitrogens is 4. The first kappa shape index (κ1) is 33.6. The van der Waals surface area contributed by atoms with Gasteiger partial charge >= 0.3 is 12.1 Å². The molecule has 5 rings (SSSR count). The van der Waals surface area contributed by atoms with Gasteiger partial charge in [-0.2, -0.15) is 13.8 Å². The molecule has 4 heterocycles. The molecule has 2 atom stereocenters. The Balaban J connectivity index is 1.84. The SMILES string of the molecule is C=CC(=O)N1C[C@H](C)N(c2nc(=O)n(-c3c(C)ccnc3C(C)C)c3nc(-c4c(F)cccc4NC(=O)C(F)F)c(Cl)cc23)C[C@H]1C. The van der Waals surface area contributed by atoms with Crippen LogP contribution in [0.5, 0.6) is 0 Å². The van der Waals surface area contributed by atoms with Crippen molar-refractivity contribution in [2.45, 2.75) is 59.0 Å². The highest BCUT2D eigenvalue weighted by Crippen LogP contribution is 2.39. The fraction of sp³-hybridized carbons (Fsp3) is 0.333. The van der Waals surface area contributed by atoms with E-state index in [1.54, 1.807) is 24.1 Å². The topological polar surface area (TPSA) is 113 Å². The Kier molecular flexibility index (Phi) is 9.39. The van der Waals surface area contributed by atoms with E-state index in [0.29, 0.717) is 35.4 Å². The van der Waals surface area contributed by atoms with Crippen LogP contribution in [0.25, 0.3) is 28.0 Å². The predicted molar refractivity (Wildman–Crippen MR) is 175 cm³/mol. The second-order valence-corrected chi connectivity index (χ2v) is 12.2. The summed E-state index contributed by atoms with van der Waals surface area (Å²) in [5, 5.41) is 2.30. The number of rotatable bonds is 7. The van der Waals surface area contributed by atoms with Crippen LogP contribution in [-0.2, 0) is 9.59 Å². The molecule has 4 aromatic rings. The van der Waals surface area contributed by atoms with E-state index in [0.717, 1.165) is 6.07 Å². The Morgan fingerprint density at radius 3 is 2.51 bits per heavy atom. The van der Waals surface area contributed by atoms with Gasteiger partial charge in [0.15, 0.2) is 5.65 Å². The van der Waals surface area contributed by atoms with E-state index in [4.69, 9.17) is 16.6 Å². The Labute approximate surface area is 273 Å². The van der Waals surface area contributed by atoms with E-state index in [1.165, 1.54) is 28.8 Å². The Morgan fingerprint density at radius 2 is 1.85 bits per heavy atom. The zero-order chi connectivity index (χ0) is 34.3. The van der Waals surface area contributed by atoms with Crippen molar-refractivity contribution >= 4 is 46.0 Å². The Bertz CT molecular complexity index is 1970. The molecule has 3 aromatic heterocycles. The number of hydrogen-bond acceptors (Lipinski definition) is 7. The summed E-state index contributed by atoms with van der Waals surface area (Å²) in [7, 11) is 0. The second-order valence-electron chi connectivity index (χ2n) is 11.8. The van der Waals surface area contributed by atoms with Crippen LogP contribution in [0.15, 0.2) is 54.0 Å². The number of piperazine rings is 1. The first-order valence-corrected chi connectivity index (χ1v) is 15.3. The quantitative estimate of drug-likeness (QED) is 0.245. The average molecular weight is 668 g/mol. The standard InChI is InChI=1S/C33H33ClF3N7O3/c1-7-24(45)42-14-19(6)43(15-18(42)5)30-20-13-21(34)27(25-22(35)9-8-10-23(25)39-32(46)29(36)37)40-31(20)44(33(47)41-30)28-17(4)11-12-38-26(28)16(2)3/h7-13,16,18-19,29H,1,14-15H2,2-6H3,(H,39,46)/t18-,19+/m1/s1. The van der Waals surface area contributed by atoms with Crippen molar-refractivity contribution in [2.24, 2.45) is 0 Å². The first-order valence-electron chi connectivity index (χ1n) is 14.9. The third kappa shape index (κ3) is 6.19. The van der Waals surface area contributed by atoms with Crippen LogP contribution < -0.4 is 15.9 Å². The molecule has 1 aromatic carbocycles. The lowest BCUT2D eigenvalue weighted by atomic mass is 10.0. The molecule has 0 spiro atoms. The lowest BCUT2D eigenvalue weighted by Gasteiger charge is -2.44. The highest BCUT2D eigenvalue weighted by Gasteiger charge is 2.34. The van der Waals surface area contributed by atoms with Crippen molar-refractivity contribution in [1.29, 1.82) is 0 Å². The van der Waals surface area contributed by atoms with Gasteiger partial charge in [-0.05, 0) is 62.6 Å². The number of amides is 2. The molecule has 1 aliphatic heterocycles. The molecule has 0 unspecified atom stereocenters. The maximum Gasteiger partial charge on any atom is 0.355 e. The van der Waals surface area contributed by atoms with E-state index < -0.39 is 23.8 Å². The van der Waals surface area contributed by atoms with Gasteiger partial charge < -0.3 is 15.1 Å². The molecule has 47 heavy (non-hydrogen) atoms. The lowest BCUT2D eigenvalue weighted by molar-refractivity contribution is -0.129.